The standard InChI is InChI=1S/C19H15NO2/c21-19(18-7-4-12-20-13-18)22-14-15-8-10-17(11-9-15)16-5-2-1-3-6-16/h1-13H,14H2. The molecule has 0 aliphatic rings. The molecule has 3 rings (SSSR count). The number of aromatic nitrogens is 1. The summed E-state index contributed by atoms with van der Waals surface area (Å²) in [6.45, 7) is 0.253. The first kappa shape index (κ1) is 14.0. The maximum absolute atomic E-state index is 11.8. The first-order valence-electron chi connectivity index (χ1n) is 7.04. The summed E-state index contributed by atoms with van der Waals surface area (Å²) in [6, 6.07) is 21.6. The van der Waals surface area contributed by atoms with Gasteiger partial charge >= 0.3 is 5.97 Å². The van der Waals surface area contributed by atoms with Gasteiger partial charge in [0, 0.05) is 12.4 Å². The second-order valence-corrected chi connectivity index (χ2v) is 4.88. The monoisotopic (exact) mass is 289 g/mol. The average Bonchev–Trinajstić information content (AvgIpc) is 2.61. The molecule has 3 aromatic rings. The van der Waals surface area contributed by atoms with E-state index in [0.29, 0.717) is 5.56 Å². The minimum atomic E-state index is -0.361. The minimum absolute atomic E-state index is 0.253. The number of nitrogens with zero attached hydrogens (tertiary/aromatic N) is 1. The lowest BCUT2D eigenvalue weighted by atomic mass is 10.0. The fraction of sp³-hybridized carbons (Fsp3) is 0.0526. The fourth-order valence-corrected chi connectivity index (χ4v) is 2.14. The van der Waals surface area contributed by atoms with Crippen LogP contribution in [0.25, 0.3) is 11.1 Å². The predicted molar refractivity (Wildman–Crippen MR) is 85.2 cm³/mol. The van der Waals surface area contributed by atoms with Gasteiger partial charge in [0.2, 0.25) is 0 Å². The number of esters is 1. The summed E-state index contributed by atoms with van der Waals surface area (Å²) in [5.74, 6) is -0.361. The highest BCUT2D eigenvalue weighted by Crippen LogP contribution is 2.19. The zero-order valence-electron chi connectivity index (χ0n) is 12.0. The molecule has 1 heterocycles. The molecule has 0 bridgehead atoms. The van der Waals surface area contributed by atoms with Crippen molar-refractivity contribution in [3.05, 3.63) is 90.3 Å². The highest BCUT2D eigenvalue weighted by atomic mass is 16.5. The molecule has 0 aliphatic carbocycles. The predicted octanol–water partition coefficient (Wildman–Crippen LogP) is 4.11. The molecule has 3 nitrogen and oxygen atoms in total. The largest absolute Gasteiger partial charge is 0.457 e. The third-order valence-electron chi connectivity index (χ3n) is 3.33. The van der Waals surface area contributed by atoms with Crippen LogP contribution in [-0.4, -0.2) is 11.0 Å². The van der Waals surface area contributed by atoms with Crippen LogP contribution in [0.5, 0.6) is 0 Å². The number of carbonyl (C=O) groups is 1. The molecule has 0 N–H and O–H groups in total. The quantitative estimate of drug-likeness (QED) is 0.679. The zero-order chi connectivity index (χ0) is 15.2. The lowest BCUT2D eigenvalue weighted by Gasteiger charge is -2.06. The Bertz CT molecular complexity index is 737. The van der Waals surface area contributed by atoms with Crippen molar-refractivity contribution in [2.24, 2.45) is 0 Å². The van der Waals surface area contributed by atoms with Crippen molar-refractivity contribution in [2.75, 3.05) is 0 Å². The molecular weight excluding hydrogens is 274 g/mol. The summed E-state index contributed by atoms with van der Waals surface area (Å²) < 4.78 is 5.28. The van der Waals surface area contributed by atoms with E-state index in [4.69, 9.17) is 4.74 Å². The Labute approximate surface area is 129 Å². The number of carbonyl (C=O) groups excluding carboxylic acids is 1. The maximum atomic E-state index is 11.8. The van der Waals surface area contributed by atoms with Crippen molar-refractivity contribution in [1.82, 2.24) is 4.98 Å². The number of ether oxygens (including phenoxy) is 1. The second-order valence-electron chi connectivity index (χ2n) is 4.88. The summed E-state index contributed by atoms with van der Waals surface area (Å²) in [5, 5.41) is 0. The summed E-state index contributed by atoms with van der Waals surface area (Å²) in [7, 11) is 0. The normalized spacial score (nSPS) is 10.2. The molecule has 0 saturated heterocycles. The fourth-order valence-electron chi connectivity index (χ4n) is 2.14. The number of hydrogen-bond donors (Lipinski definition) is 0. The van der Waals surface area contributed by atoms with E-state index in [9.17, 15) is 4.79 Å². The van der Waals surface area contributed by atoms with Crippen LogP contribution in [0.2, 0.25) is 0 Å². The number of rotatable bonds is 4. The molecule has 0 fully saturated rings. The second kappa shape index (κ2) is 6.68. The van der Waals surface area contributed by atoms with Gasteiger partial charge in [-0.2, -0.15) is 0 Å². The molecule has 2 aromatic carbocycles. The molecule has 3 heteroatoms. The third-order valence-corrected chi connectivity index (χ3v) is 3.33. The third kappa shape index (κ3) is 3.38. The Hall–Kier alpha value is -2.94. The molecule has 0 spiro atoms. The Morgan fingerprint density at radius 2 is 1.59 bits per heavy atom. The van der Waals surface area contributed by atoms with Gasteiger partial charge in [-0.25, -0.2) is 4.79 Å². The van der Waals surface area contributed by atoms with Crippen LogP contribution in [0, 0.1) is 0 Å². The minimum Gasteiger partial charge on any atom is -0.457 e. The Morgan fingerprint density at radius 1 is 0.864 bits per heavy atom. The molecule has 1 aromatic heterocycles. The molecule has 0 saturated carbocycles. The van der Waals surface area contributed by atoms with E-state index < -0.39 is 0 Å². The van der Waals surface area contributed by atoms with Gasteiger partial charge < -0.3 is 4.74 Å². The molecular formula is C19H15NO2. The average molecular weight is 289 g/mol. The Kier molecular flexibility index (Phi) is 4.25. The Balaban J connectivity index is 1.63. The van der Waals surface area contributed by atoms with Gasteiger partial charge in [-0.3, -0.25) is 4.98 Å². The highest BCUT2D eigenvalue weighted by molar-refractivity contribution is 5.88. The van der Waals surface area contributed by atoms with E-state index in [0.717, 1.165) is 11.1 Å². The van der Waals surface area contributed by atoms with Crippen LogP contribution >= 0.6 is 0 Å². The molecule has 0 atom stereocenters. The number of pyridine rings is 1. The molecule has 0 amide bonds. The van der Waals surface area contributed by atoms with Crippen molar-refractivity contribution in [3.63, 3.8) is 0 Å². The van der Waals surface area contributed by atoms with Gasteiger partial charge in [-0.15, -0.1) is 0 Å². The van der Waals surface area contributed by atoms with Crippen molar-refractivity contribution < 1.29 is 9.53 Å². The molecule has 0 radical (unpaired) electrons. The summed E-state index contributed by atoms with van der Waals surface area (Å²) in [6.07, 6.45) is 3.12. The summed E-state index contributed by atoms with van der Waals surface area (Å²) in [5.41, 5.74) is 3.73. The topological polar surface area (TPSA) is 39.2 Å². The van der Waals surface area contributed by atoms with Gasteiger partial charge in [0.15, 0.2) is 0 Å². The van der Waals surface area contributed by atoms with Gasteiger partial charge in [0.05, 0.1) is 5.56 Å². The Morgan fingerprint density at radius 3 is 2.27 bits per heavy atom. The lowest BCUT2D eigenvalue weighted by molar-refractivity contribution is 0.0472. The molecule has 0 unspecified atom stereocenters. The maximum Gasteiger partial charge on any atom is 0.340 e. The first-order valence-corrected chi connectivity index (χ1v) is 7.04. The number of hydrogen-bond acceptors (Lipinski definition) is 3. The van der Waals surface area contributed by atoms with E-state index in [1.54, 1.807) is 18.3 Å². The number of benzene rings is 2. The van der Waals surface area contributed by atoms with Gasteiger partial charge in [0.25, 0.3) is 0 Å². The highest BCUT2D eigenvalue weighted by Gasteiger charge is 2.07. The summed E-state index contributed by atoms with van der Waals surface area (Å²) in [4.78, 5) is 15.7. The van der Waals surface area contributed by atoms with Crippen LogP contribution in [0.4, 0.5) is 0 Å². The van der Waals surface area contributed by atoms with Crippen LogP contribution in [0.3, 0.4) is 0 Å². The van der Waals surface area contributed by atoms with Crippen molar-refractivity contribution >= 4 is 5.97 Å². The van der Waals surface area contributed by atoms with Crippen molar-refractivity contribution in [1.29, 1.82) is 0 Å². The molecule has 22 heavy (non-hydrogen) atoms. The van der Waals surface area contributed by atoms with E-state index in [-0.39, 0.29) is 12.6 Å². The van der Waals surface area contributed by atoms with E-state index in [2.05, 4.69) is 17.1 Å². The van der Waals surface area contributed by atoms with E-state index in [1.165, 1.54) is 11.8 Å². The van der Waals surface area contributed by atoms with Gasteiger partial charge in [-0.1, -0.05) is 54.6 Å². The van der Waals surface area contributed by atoms with Crippen LogP contribution < -0.4 is 0 Å². The molecule has 0 aliphatic heterocycles. The lowest BCUT2D eigenvalue weighted by Crippen LogP contribution is -2.05. The summed E-state index contributed by atoms with van der Waals surface area (Å²) >= 11 is 0. The first-order chi connectivity index (χ1) is 10.8. The van der Waals surface area contributed by atoms with Crippen molar-refractivity contribution in [3.8, 4) is 11.1 Å². The smallest absolute Gasteiger partial charge is 0.340 e. The zero-order valence-corrected chi connectivity index (χ0v) is 12.0. The SMILES string of the molecule is O=C(OCc1ccc(-c2ccccc2)cc1)c1cccnc1. The van der Waals surface area contributed by atoms with E-state index in [1.807, 2.05) is 42.5 Å². The van der Waals surface area contributed by atoms with Gasteiger partial charge in [-0.05, 0) is 28.8 Å². The van der Waals surface area contributed by atoms with E-state index >= 15 is 0 Å². The van der Waals surface area contributed by atoms with Crippen LogP contribution in [0.15, 0.2) is 79.1 Å². The van der Waals surface area contributed by atoms with Crippen LogP contribution in [-0.2, 0) is 11.3 Å². The van der Waals surface area contributed by atoms with Gasteiger partial charge in [0.1, 0.15) is 6.61 Å². The molecule has 108 valence electrons. The van der Waals surface area contributed by atoms with Crippen LogP contribution in [0.1, 0.15) is 15.9 Å². The van der Waals surface area contributed by atoms with Crippen molar-refractivity contribution in [2.45, 2.75) is 6.61 Å².